The van der Waals surface area contributed by atoms with Crippen LogP contribution in [0.4, 0.5) is 21.3 Å². The highest BCUT2D eigenvalue weighted by atomic mass is 35.5. The zero-order valence-corrected chi connectivity index (χ0v) is 14.3. The van der Waals surface area contributed by atoms with Crippen molar-refractivity contribution < 1.29 is 14.5 Å². The van der Waals surface area contributed by atoms with E-state index in [0.717, 1.165) is 0 Å². The van der Waals surface area contributed by atoms with Crippen molar-refractivity contribution in [2.75, 3.05) is 23.3 Å². The van der Waals surface area contributed by atoms with E-state index in [4.69, 9.17) is 11.6 Å². The number of aromatic nitrogens is 1. The second-order valence-corrected chi connectivity index (χ2v) is 6.40. The molecule has 0 atom stereocenters. The summed E-state index contributed by atoms with van der Waals surface area (Å²) in [7, 11) is 0. The van der Waals surface area contributed by atoms with Crippen LogP contribution in [0.25, 0.3) is 0 Å². The Labute approximate surface area is 150 Å². The Hall–Kier alpha value is -2.72. The number of nitrogens with one attached hydrogen (secondary N) is 2. The van der Waals surface area contributed by atoms with E-state index >= 15 is 0 Å². The van der Waals surface area contributed by atoms with Crippen molar-refractivity contribution in [2.24, 2.45) is 0 Å². The Balaban J connectivity index is 1.65. The number of halogens is 1. The average Bonchev–Trinajstić information content (AvgIpc) is 3.17. The molecular weight excluding hydrogens is 370 g/mol. The number of anilines is 2. The standard InChI is InChI=1S/C14H12ClN5O4S/c15-10-2-1-8(5-11(10)20(23)24)17-12(21)6-9-7-25-14(18-9)19-4-3-16-13(19)22/h1-2,5,7H,3-4,6H2,(H,16,22)(H,17,21). The van der Waals surface area contributed by atoms with Crippen molar-refractivity contribution >= 4 is 51.4 Å². The zero-order chi connectivity index (χ0) is 18.0. The summed E-state index contributed by atoms with van der Waals surface area (Å²) in [5, 5.41) is 18.3. The maximum absolute atomic E-state index is 12.1. The third kappa shape index (κ3) is 3.86. The van der Waals surface area contributed by atoms with Gasteiger partial charge >= 0.3 is 6.03 Å². The quantitative estimate of drug-likeness (QED) is 0.609. The van der Waals surface area contributed by atoms with Crippen molar-refractivity contribution in [3.8, 4) is 0 Å². The summed E-state index contributed by atoms with van der Waals surface area (Å²) in [6, 6.07) is 3.82. The van der Waals surface area contributed by atoms with Crippen LogP contribution in [0.1, 0.15) is 5.69 Å². The Morgan fingerprint density at radius 1 is 1.52 bits per heavy atom. The molecule has 2 heterocycles. The molecule has 2 N–H and O–H groups in total. The van der Waals surface area contributed by atoms with Crippen LogP contribution in [-0.2, 0) is 11.2 Å². The van der Waals surface area contributed by atoms with Gasteiger partial charge in [0.25, 0.3) is 5.69 Å². The van der Waals surface area contributed by atoms with Crippen LogP contribution < -0.4 is 15.5 Å². The first-order valence-electron chi connectivity index (χ1n) is 7.17. The fraction of sp³-hybridized carbons (Fsp3) is 0.214. The van der Waals surface area contributed by atoms with Gasteiger partial charge in [0.2, 0.25) is 5.91 Å². The molecule has 0 saturated carbocycles. The molecule has 1 fully saturated rings. The summed E-state index contributed by atoms with van der Waals surface area (Å²) in [5.41, 5.74) is 0.506. The molecule has 1 aromatic heterocycles. The zero-order valence-electron chi connectivity index (χ0n) is 12.7. The van der Waals surface area contributed by atoms with E-state index in [1.54, 1.807) is 5.38 Å². The van der Waals surface area contributed by atoms with Crippen molar-refractivity contribution in [3.63, 3.8) is 0 Å². The average molecular weight is 382 g/mol. The number of hydrogen-bond acceptors (Lipinski definition) is 6. The summed E-state index contributed by atoms with van der Waals surface area (Å²) in [6.45, 7) is 1.09. The number of rotatable bonds is 5. The van der Waals surface area contributed by atoms with Gasteiger partial charge in [0.05, 0.1) is 17.0 Å². The SMILES string of the molecule is O=C(Cc1csc(N2CCNC2=O)n1)Nc1ccc(Cl)c([N+](=O)[O-])c1. The van der Waals surface area contributed by atoms with E-state index in [2.05, 4.69) is 15.6 Å². The Morgan fingerprint density at radius 2 is 2.32 bits per heavy atom. The van der Waals surface area contributed by atoms with Gasteiger partial charge in [0.1, 0.15) is 5.02 Å². The number of thiazole rings is 1. The van der Waals surface area contributed by atoms with Crippen LogP contribution in [0.2, 0.25) is 5.02 Å². The highest BCUT2D eigenvalue weighted by Crippen LogP contribution is 2.27. The predicted molar refractivity (Wildman–Crippen MR) is 93.3 cm³/mol. The normalized spacial score (nSPS) is 13.6. The summed E-state index contributed by atoms with van der Waals surface area (Å²) in [4.78, 5) is 39.7. The molecule has 130 valence electrons. The fourth-order valence-electron chi connectivity index (χ4n) is 2.26. The fourth-order valence-corrected chi connectivity index (χ4v) is 3.29. The number of nitro benzene ring substituents is 1. The van der Waals surface area contributed by atoms with Crippen molar-refractivity contribution in [1.29, 1.82) is 0 Å². The van der Waals surface area contributed by atoms with E-state index in [1.165, 1.54) is 34.4 Å². The van der Waals surface area contributed by atoms with Crippen LogP contribution in [-0.4, -0.2) is 34.9 Å². The minimum Gasteiger partial charge on any atom is -0.336 e. The molecule has 0 aliphatic carbocycles. The molecule has 3 amide bonds. The molecule has 3 rings (SSSR count). The van der Waals surface area contributed by atoms with Crippen LogP contribution in [0.15, 0.2) is 23.6 Å². The van der Waals surface area contributed by atoms with Gasteiger partial charge < -0.3 is 10.6 Å². The van der Waals surface area contributed by atoms with Gasteiger partial charge in [0, 0.05) is 30.2 Å². The maximum atomic E-state index is 12.1. The lowest BCUT2D eigenvalue weighted by atomic mass is 10.2. The van der Waals surface area contributed by atoms with Crippen molar-refractivity contribution in [1.82, 2.24) is 10.3 Å². The van der Waals surface area contributed by atoms with E-state index in [1.807, 2.05) is 0 Å². The number of carbonyl (C=O) groups is 2. The van der Waals surface area contributed by atoms with Gasteiger partial charge in [-0.2, -0.15) is 0 Å². The first-order valence-corrected chi connectivity index (χ1v) is 8.43. The number of nitro groups is 1. The van der Waals surface area contributed by atoms with E-state index < -0.39 is 4.92 Å². The second kappa shape index (κ2) is 7.03. The highest BCUT2D eigenvalue weighted by molar-refractivity contribution is 7.14. The van der Waals surface area contributed by atoms with Gasteiger partial charge in [-0.15, -0.1) is 11.3 Å². The molecule has 1 aromatic carbocycles. The van der Waals surface area contributed by atoms with Gasteiger partial charge in [-0.1, -0.05) is 11.6 Å². The van der Waals surface area contributed by atoms with Crippen molar-refractivity contribution in [3.05, 3.63) is 44.4 Å². The molecule has 11 heteroatoms. The smallest absolute Gasteiger partial charge is 0.323 e. The molecule has 0 radical (unpaired) electrons. The predicted octanol–water partition coefficient (Wildman–Crippen LogP) is 2.42. The molecular formula is C14H12ClN5O4S. The molecule has 25 heavy (non-hydrogen) atoms. The van der Waals surface area contributed by atoms with Crippen LogP contribution in [0.5, 0.6) is 0 Å². The van der Waals surface area contributed by atoms with Gasteiger partial charge in [-0.05, 0) is 12.1 Å². The second-order valence-electron chi connectivity index (χ2n) is 5.15. The molecule has 1 aliphatic heterocycles. The number of nitrogens with zero attached hydrogens (tertiary/aromatic N) is 3. The van der Waals surface area contributed by atoms with Gasteiger partial charge in [-0.3, -0.25) is 19.8 Å². The molecule has 9 nitrogen and oxygen atoms in total. The summed E-state index contributed by atoms with van der Waals surface area (Å²) >= 11 is 7.01. The van der Waals surface area contributed by atoms with Gasteiger partial charge in [-0.25, -0.2) is 9.78 Å². The number of urea groups is 1. The third-order valence-electron chi connectivity index (χ3n) is 3.40. The number of amides is 3. The summed E-state index contributed by atoms with van der Waals surface area (Å²) < 4.78 is 0. The molecule has 0 bridgehead atoms. The minimum atomic E-state index is -0.619. The lowest BCUT2D eigenvalue weighted by Gasteiger charge is -2.08. The van der Waals surface area contributed by atoms with E-state index in [9.17, 15) is 19.7 Å². The van der Waals surface area contributed by atoms with Crippen LogP contribution in [0, 0.1) is 10.1 Å². The molecule has 2 aromatic rings. The number of carbonyl (C=O) groups excluding carboxylic acids is 2. The lowest BCUT2D eigenvalue weighted by molar-refractivity contribution is -0.384. The van der Waals surface area contributed by atoms with Crippen LogP contribution in [0.3, 0.4) is 0 Å². The van der Waals surface area contributed by atoms with E-state index in [0.29, 0.717) is 23.9 Å². The highest BCUT2D eigenvalue weighted by Gasteiger charge is 2.24. The first-order chi connectivity index (χ1) is 11.9. The van der Waals surface area contributed by atoms with Gasteiger partial charge in [0.15, 0.2) is 5.13 Å². The Kier molecular flexibility index (Phi) is 4.81. The largest absolute Gasteiger partial charge is 0.336 e. The Bertz CT molecular complexity index is 855. The van der Waals surface area contributed by atoms with Crippen molar-refractivity contribution in [2.45, 2.75) is 6.42 Å². The monoisotopic (exact) mass is 381 g/mol. The summed E-state index contributed by atoms with van der Waals surface area (Å²) in [5.74, 6) is -0.376. The maximum Gasteiger partial charge on any atom is 0.323 e. The molecule has 1 aliphatic rings. The number of benzene rings is 1. The molecule has 0 unspecified atom stereocenters. The topological polar surface area (TPSA) is 117 Å². The first kappa shape index (κ1) is 17.1. The third-order valence-corrected chi connectivity index (χ3v) is 4.63. The Morgan fingerprint density at radius 3 is 3.00 bits per heavy atom. The molecule has 0 spiro atoms. The number of hydrogen-bond donors (Lipinski definition) is 2. The molecule has 1 saturated heterocycles. The lowest BCUT2D eigenvalue weighted by Crippen LogP contribution is -2.27. The van der Waals surface area contributed by atoms with E-state index in [-0.39, 0.29) is 34.8 Å². The summed E-state index contributed by atoms with van der Waals surface area (Å²) in [6.07, 6.45) is -0.0115. The minimum absolute atomic E-state index is 0.00367. The van der Waals surface area contributed by atoms with Crippen LogP contribution >= 0.6 is 22.9 Å².